The van der Waals surface area contributed by atoms with Crippen LogP contribution in [0.5, 0.6) is 5.75 Å². The molecule has 1 aliphatic heterocycles. The Labute approximate surface area is 208 Å². The average Bonchev–Trinajstić information content (AvgIpc) is 2.93. The Morgan fingerprint density at radius 3 is 2.43 bits per heavy atom. The number of nitro groups is 1. The third-order valence-electron chi connectivity index (χ3n) is 6.26. The number of carboxylic acids is 1. The van der Waals surface area contributed by atoms with Crippen molar-refractivity contribution in [3.63, 3.8) is 0 Å². The summed E-state index contributed by atoms with van der Waals surface area (Å²) in [6, 6.07) is 9.10. The highest BCUT2D eigenvalue weighted by atomic mass is 32.3. The van der Waals surface area contributed by atoms with Gasteiger partial charge in [-0.15, -0.1) is 11.8 Å². The molecule has 0 saturated carbocycles. The first-order valence-electron chi connectivity index (χ1n) is 10.7. The van der Waals surface area contributed by atoms with Gasteiger partial charge >= 0.3 is 5.97 Å². The summed E-state index contributed by atoms with van der Waals surface area (Å²) in [6.45, 7) is 4.39. The molecule has 0 aromatic heterocycles. The maximum atomic E-state index is 13.5. The minimum atomic E-state index is -3.35. The number of nitro benzene ring substituents is 1. The standard InChI is InChI=1S/C23H27FN2O7S2/c1-4-23(5-2)13-25(15-6-8-16(9-7-15)26(29)30)18-10-20(34-3)19(33-12-17(24)22(27)28)11-21(18)35(31,32)14-23/h6-12,31-32H,4-5,13-14H2,1-3H3,(H,27,28)/b17-12-. The zero-order chi connectivity index (χ0) is 26.0. The van der Waals surface area contributed by atoms with Gasteiger partial charge < -0.3 is 14.7 Å². The number of carboxylic acid groups (broad SMARTS) is 1. The largest absolute Gasteiger partial charge is 0.476 e. The fourth-order valence-electron chi connectivity index (χ4n) is 4.05. The molecule has 3 rings (SSSR count). The third-order valence-corrected chi connectivity index (χ3v) is 9.06. The topological polar surface area (TPSA) is 133 Å². The Balaban J connectivity index is 2.23. The molecule has 0 bridgehead atoms. The second kappa shape index (κ2) is 10.4. The minimum Gasteiger partial charge on any atom is -0.476 e. The number of halogens is 1. The van der Waals surface area contributed by atoms with Crippen molar-refractivity contribution in [2.24, 2.45) is 5.41 Å². The van der Waals surface area contributed by atoms with Gasteiger partial charge in [-0.1, -0.05) is 13.8 Å². The van der Waals surface area contributed by atoms with Crippen LogP contribution < -0.4 is 9.64 Å². The second-order valence-electron chi connectivity index (χ2n) is 8.24. The fourth-order valence-corrected chi connectivity index (χ4v) is 6.90. The van der Waals surface area contributed by atoms with E-state index >= 15 is 0 Å². The molecule has 1 heterocycles. The van der Waals surface area contributed by atoms with Gasteiger partial charge in [-0.3, -0.25) is 19.2 Å². The summed E-state index contributed by atoms with van der Waals surface area (Å²) in [5, 5.41) is 19.9. The van der Waals surface area contributed by atoms with Gasteiger partial charge in [0.05, 0.1) is 20.4 Å². The molecule has 0 atom stereocenters. The Morgan fingerprint density at radius 1 is 1.29 bits per heavy atom. The number of fused-ring (bicyclic) bond motifs is 1. The Bertz CT molecular complexity index is 1150. The van der Waals surface area contributed by atoms with Crippen LogP contribution in [0, 0.1) is 15.5 Å². The molecule has 0 amide bonds. The number of hydrogen-bond acceptors (Lipinski definition) is 8. The highest BCUT2D eigenvalue weighted by Gasteiger charge is 2.41. The number of anilines is 2. The van der Waals surface area contributed by atoms with Crippen LogP contribution in [0.1, 0.15) is 26.7 Å². The summed E-state index contributed by atoms with van der Waals surface area (Å²) in [5.41, 5.74) is 0.584. The molecule has 12 heteroatoms. The average molecular weight is 527 g/mol. The monoisotopic (exact) mass is 526 g/mol. The Hall–Kier alpha value is -2.80. The third kappa shape index (κ3) is 5.56. The van der Waals surface area contributed by atoms with E-state index in [1.807, 2.05) is 18.7 Å². The molecule has 0 radical (unpaired) electrons. The van der Waals surface area contributed by atoms with Gasteiger partial charge in [0.15, 0.2) is 0 Å². The summed E-state index contributed by atoms with van der Waals surface area (Å²) in [7, 11) is -3.35. The first-order valence-corrected chi connectivity index (χ1v) is 13.7. The molecule has 3 N–H and O–H groups in total. The van der Waals surface area contributed by atoms with Crippen molar-refractivity contribution >= 4 is 45.4 Å². The normalized spacial score (nSPS) is 17.8. The number of nitrogens with zero attached hydrogens (tertiary/aromatic N) is 2. The van der Waals surface area contributed by atoms with E-state index in [2.05, 4.69) is 0 Å². The number of benzene rings is 2. The van der Waals surface area contributed by atoms with Crippen molar-refractivity contribution in [2.45, 2.75) is 36.5 Å². The van der Waals surface area contributed by atoms with Crippen molar-refractivity contribution in [3.05, 3.63) is 58.6 Å². The van der Waals surface area contributed by atoms with Crippen LogP contribution in [0.15, 0.2) is 58.3 Å². The van der Waals surface area contributed by atoms with E-state index in [1.165, 1.54) is 30.0 Å². The highest BCUT2D eigenvalue weighted by Crippen LogP contribution is 2.61. The number of hydrogen-bond donors (Lipinski definition) is 3. The molecule has 2 aromatic rings. The minimum absolute atomic E-state index is 0.0638. The molecular formula is C23H27FN2O7S2. The molecule has 9 nitrogen and oxygen atoms in total. The number of ether oxygens (including phenoxy) is 1. The number of thioether (sulfide) groups is 1. The molecule has 190 valence electrons. The molecule has 0 unspecified atom stereocenters. The van der Waals surface area contributed by atoms with Gasteiger partial charge in [0.1, 0.15) is 12.0 Å². The van der Waals surface area contributed by atoms with Gasteiger partial charge in [0.2, 0.25) is 5.83 Å². The van der Waals surface area contributed by atoms with Crippen molar-refractivity contribution in [1.29, 1.82) is 0 Å². The van der Waals surface area contributed by atoms with Crippen molar-refractivity contribution in [2.75, 3.05) is 23.5 Å². The maximum Gasteiger partial charge on any atom is 0.368 e. The van der Waals surface area contributed by atoms with Gasteiger partial charge in [-0.25, -0.2) is 4.79 Å². The summed E-state index contributed by atoms with van der Waals surface area (Å²) in [6.07, 6.45) is 3.52. The summed E-state index contributed by atoms with van der Waals surface area (Å²) in [5.74, 6) is -3.12. The van der Waals surface area contributed by atoms with E-state index in [4.69, 9.17) is 9.84 Å². The van der Waals surface area contributed by atoms with E-state index < -0.39 is 32.7 Å². The van der Waals surface area contributed by atoms with E-state index in [0.29, 0.717) is 41.9 Å². The molecule has 0 spiro atoms. The molecular weight excluding hydrogens is 499 g/mol. The zero-order valence-electron chi connectivity index (χ0n) is 19.4. The van der Waals surface area contributed by atoms with Gasteiger partial charge in [0, 0.05) is 41.6 Å². The number of rotatable bonds is 8. The van der Waals surface area contributed by atoms with Crippen LogP contribution >= 0.6 is 22.4 Å². The van der Waals surface area contributed by atoms with Crippen LogP contribution in [-0.2, 0) is 4.79 Å². The molecule has 0 saturated heterocycles. The molecule has 0 fully saturated rings. The lowest BCUT2D eigenvalue weighted by molar-refractivity contribution is -0.384. The predicted molar refractivity (Wildman–Crippen MR) is 135 cm³/mol. The predicted octanol–water partition coefficient (Wildman–Crippen LogP) is 6.66. The zero-order valence-corrected chi connectivity index (χ0v) is 21.1. The van der Waals surface area contributed by atoms with E-state index in [9.17, 15) is 28.4 Å². The van der Waals surface area contributed by atoms with Gasteiger partial charge in [0.25, 0.3) is 5.69 Å². The van der Waals surface area contributed by atoms with Crippen LogP contribution in [0.2, 0.25) is 0 Å². The SMILES string of the molecule is CCC1(CC)CN(c2ccc([N+](=O)[O-])cc2)c2cc(SC)c(O/C=C(\F)C(=O)O)cc2S(O)(O)C1. The molecule has 2 aromatic carbocycles. The highest BCUT2D eigenvalue weighted by molar-refractivity contribution is 8.24. The van der Waals surface area contributed by atoms with Crippen molar-refractivity contribution in [1.82, 2.24) is 0 Å². The number of carbonyl (C=O) groups is 1. The van der Waals surface area contributed by atoms with Crippen molar-refractivity contribution in [3.8, 4) is 5.75 Å². The summed E-state index contributed by atoms with van der Waals surface area (Å²) >= 11 is 1.26. The van der Waals surface area contributed by atoms with E-state index in [-0.39, 0.29) is 22.1 Å². The number of aliphatic carboxylic acids is 1. The van der Waals surface area contributed by atoms with E-state index in [0.717, 1.165) is 0 Å². The molecule has 1 aliphatic rings. The first-order chi connectivity index (χ1) is 16.5. The molecule has 0 aliphatic carbocycles. The van der Waals surface area contributed by atoms with Gasteiger partial charge in [-0.05, 0) is 37.3 Å². The molecule has 35 heavy (non-hydrogen) atoms. The number of non-ortho nitro benzene ring substituents is 1. The summed E-state index contributed by atoms with van der Waals surface area (Å²) < 4.78 is 41.5. The van der Waals surface area contributed by atoms with Crippen LogP contribution in [0.4, 0.5) is 21.5 Å². The Kier molecular flexibility index (Phi) is 8.00. The quantitative estimate of drug-likeness (QED) is 0.113. The smallest absolute Gasteiger partial charge is 0.368 e. The maximum absolute atomic E-state index is 13.5. The fraction of sp³-hybridized carbons (Fsp3) is 0.348. The first kappa shape index (κ1) is 26.8. The van der Waals surface area contributed by atoms with Gasteiger partial charge in [-0.2, -0.15) is 15.0 Å². The Morgan fingerprint density at radius 2 is 1.91 bits per heavy atom. The van der Waals surface area contributed by atoms with Crippen LogP contribution in [0.25, 0.3) is 0 Å². The van der Waals surface area contributed by atoms with E-state index in [1.54, 1.807) is 24.5 Å². The lowest BCUT2D eigenvalue weighted by atomic mass is 9.83. The van der Waals surface area contributed by atoms with Crippen molar-refractivity contribution < 1.29 is 33.1 Å². The lowest BCUT2D eigenvalue weighted by Gasteiger charge is -2.40. The van der Waals surface area contributed by atoms with Crippen LogP contribution in [0.3, 0.4) is 0 Å². The second-order valence-corrected chi connectivity index (χ2v) is 11.1. The lowest BCUT2D eigenvalue weighted by Crippen LogP contribution is -2.36. The van der Waals surface area contributed by atoms with Crippen LogP contribution in [-0.4, -0.2) is 43.7 Å². The summed E-state index contributed by atoms with van der Waals surface area (Å²) in [4.78, 5) is 24.1.